The predicted molar refractivity (Wildman–Crippen MR) is 116 cm³/mol. The van der Waals surface area contributed by atoms with E-state index in [-0.39, 0.29) is 23.1 Å². The first-order valence-electron chi connectivity index (χ1n) is 8.65. The summed E-state index contributed by atoms with van der Waals surface area (Å²) in [6.07, 6.45) is 0.555. The fourth-order valence-corrected chi connectivity index (χ4v) is 3.82. The normalized spacial score (nSPS) is 11.1. The Kier molecular flexibility index (Phi) is 6.83. The number of primary sulfonamides is 1. The first kappa shape index (κ1) is 21.9. The third-order valence-corrected chi connectivity index (χ3v) is 5.94. The summed E-state index contributed by atoms with van der Waals surface area (Å²) >= 11 is 7.08. The fourth-order valence-electron chi connectivity index (χ4n) is 2.44. The number of halogens is 1. The molecule has 2 amide bonds. The maximum Gasteiger partial charge on any atom is 0.257 e. The van der Waals surface area contributed by atoms with E-state index in [0.717, 1.165) is 0 Å². The van der Waals surface area contributed by atoms with Crippen LogP contribution >= 0.6 is 22.9 Å². The van der Waals surface area contributed by atoms with Crippen molar-refractivity contribution in [3.05, 3.63) is 70.2 Å². The van der Waals surface area contributed by atoms with Crippen LogP contribution in [0.1, 0.15) is 22.5 Å². The first-order valence-corrected chi connectivity index (χ1v) is 11.4. The van der Waals surface area contributed by atoms with Crippen molar-refractivity contribution < 1.29 is 18.0 Å². The van der Waals surface area contributed by atoms with Gasteiger partial charge in [-0.2, -0.15) is 0 Å². The Hall–Kier alpha value is -2.79. The average molecular weight is 465 g/mol. The molecule has 156 valence electrons. The molecular formula is C19H17ClN4O4S2. The number of nitrogens with one attached hydrogen (secondary N) is 2. The highest BCUT2D eigenvalue weighted by molar-refractivity contribution is 7.89. The van der Waals surface area contributed by atoms with E-state index in [1.807, 2.05) is 0 Å². The number of aromatic nitrogens is 1. The van der Waals surface area contributed by atoms with E-state index < -0.39 is 10.0 Å². The molecule has 2 aromatic carbocycles. The molecule has 0 spiro atoms. The number of aryl methyl sites for hydroxylation is 1. The number of rotatable bonds is 7. The average Bonchev–Trinajstić information content (AvgIpc) is 3.14. The third kappa shape index (κ3) is 6.10. The Balaban J connectivity index is 1.50. The smallest absolute Gasteiger partial charge is 0.257 e. The molecule has 0 saturated carbocycles. The molecule has 30 heavy (non-hydrogen) atoms. The summed E-state index contributed by atoms with van der Waals surface area (Å²) in [7, 11) is -3.78. The summed E-state index contributed by atoms with van der Waals surface area (Å²) in [6.45, 7) is 0. The van der Waals surface area contributed by atoms with Gasteiger partial charge in [0.25, 0.3) is 5.91 Å². The molecule has 0 fully saturated rings. The van der Waals surface area contributed by atoms with Crippen LogP contribution in [0.2, 0.25) is 5.02 Å². The summed E-state index contributed by atoms with van der Waals surface area (Å²) in [5.41, 5.74) is 1.59. The van der Waals surface area contributed by atoms with Crippen molar-refractivity contribution in [2.45, 2.75) is 17.7 Å². The SMILES string of the molecule is NS(=O)(=O)c1ccc(NC(=O)CCc2csc(NC(=O)c3ccc(Cl)cc3)n2)cc1. The second kappa shape index (κ2) is 9.35. The number of sulfonamides is 1. The molecule has 3 rings (SSSR count). The van der Waals surface area contributed by atoms with E-state index in [0.29, 0.717) is 33.5 Å². The monoisotopic (exact) mass is 464 g/mol. The van der Waals surface area contributed by atoms with Crippen LogP contribution in [0.25, 0.3) is 0 Å². The van der Waals surface area contributed by atoms with E-state index in [1.54, 1.807) is 29.6 Å². The molecule has 4 N–H and O–H groups in total. The highest BCUT2D eigenvalue weighted by Crippen LogP contribution is 2.19. The second-order valence-electron chi connectivity index (χ2n) is 6.22. The quantitative estimate of drug-likeness (QED) is 0.493. The predicted octanol–water partition coefficient (Wildman–Crippen LogP) is 3.27. The molecule has 0 aliphatic heterocycles. The molecule has 0 aliphatic rings. The van der Waals surface area contributed by atoms with Crippen LogP contribution in [0.5, 0.6) is 0 Å². The number of thiazole rings is 1. The minimum Gasteiger partial charge on any atom is -0.326 e. The van der Waals surface area contributed by atoms with E-state index in [2.05, 4.69) is 15.6 Å². The van der Waals surface area contributed by atoms with Crippen LogP contribution in [0.4, 0.5) is 10.8 Å². The number of hydrogen-bond donors (Lipinski definition) is 3. The molecule has 3 aromatic rings. The molecule has 0 unspecified atom stereocenters. The van der Waals surface area contributed by atoms with Crippen molar-refractivity contribution in [2.24, 2.45) is 5.14 Å². The molecule has 0 aliphatic carbocycles. The number of benzene rings is 2. The first-order chi connectivity index (χ1) is 14.2. The Morgan fingerprint density at radius 1 is 1.03 bits per heavy atom. The molecule has 0 radical (unpaired) electrons. The van der Waals surface area contributed by atoms with Crippen molar-refractivity contribution in [1.29, 1.82) is 0 Å². The largest absolute Gasteiger partial charge is 0.326 e. The molecule has 0 saturated heterocycles. The minimum absolute atomic E-state index is 0.0313. The van der Waals surface area contributed by atoms with Crippen LogP contribution in [-0.2, 0) is 21.2 Å². The van der Waals surface area contributed by atoms with Crippen LogP contribution < -0.4 is 15.8 Å². The van der Waals surface area contributed by atoms with Gasteiger partial charge >= 0.3 is 0 Å². The van der Waals surface area contributed by atoms with Gasteiger partial charge in [0.05, 0.1) is 10.6 Å². The lowest BCUT2D eigenvalue weighted by Gasteiger charge is -2.05. The van der Waals surface area contributed by atoms with Crippen LogP contribution in [-0.4, -0.2) is 25.2 Å². The van der Waals surface area contributed by atoms with Gasteiger partial charge in [0.15, 0.2) is 5.13 Å². The van der Waals surface area contributed by atoms with Gasteiger partial charge in [0, 0.05) is 28.1 Å². The number of anilines is 2. The van der Waals surface area contributed by atoms with Gasteiger partial charge in [0.1, 0.15) is 0 Å². The van der Waals surface area contributed by atoms with E-state index >= 15 is 0 Å². The zero-order valence-corrected chi connectivity index (χ0v) is 17.9. The van der Waals surface area contributed by atoms with E-state index in [4.69, 9.17) is 16.7 Å². The Labute approximate surface area is 182 Å². The summed E-state index contributed by atoms with van der Waals surface area (Å²) in [5, 5.41) is 13.2. The Bertz CT molecular complexity index is 1160. The summed E-state index contributed by atoms with van der Waals surface area (Å²) < 4.78 is 22.5. The van der Waals surface area contributed by atoms with Gasteiger partial charge in [-0.05, 0) is 55.0 Å². The lowest BCUT2D eigenvalue weighted by atomic mass is 10.2. The lowest BCUT2D eigenvalue weighted by molar-refractivity contribution is -0.116. The number of hydrogen-bond acceptors (Lipinski definition) is 6. The summed E-state index contributed by atoms with van der Waals surface area (Å²) in [5.74, 6) is -0.550. The molecule has 1 heterocycles. The van der Waals surface area contributed by atoms with Gasteiger partial charge in [-0.25, -0.2) is 18.5 Å². The number of nitrogens with two attached hydrogens (primary N) is 1. The lowest BCUT2D eigenvalue weighted by Crippen LogP contribution is -2.14. The van der Waals surface area contributed by atoms with Gasteiger partial charge in [-0.3, -0.25) is 14.9 Å². The zero-order valence-electron chi connectivity index (χ0n) is 15.5. The Morgan fingerprint density at radius 2 is 1.70 bits per heavy atom. The van der Waals surface area contributed by atoms with Crippen LogP contribution in [0, 0.1) is 0 Å². The summed E-state index contributed by atoms with van der Waals surface area (Å²) in [6, 6.07) is 12.1. The van der Waals surface area contributed by atoms with Crippen LogP contribution in [0.15, 0.2) is 58.8 Å². The molecule has 8 nitrogen and oxygen atoms in total. The number of nitrogens with zero attached hydrogens (tertiary/aromatic N) is 1. The van der Waals surface area contributed by atoms with Gasteiger partial charge in [-0.1, -0.05) is 11.6 Å². The minimum atomic E-state index is -3.78. The molecule has 1 aromatic heterocycles. The third-order valence-electron chi connectivity index (χ3n) is 3.95. The van der Waals surface area contributed by atoms with Crippen molar-refractivity contribution >= 4 is 55.6 Å². The molecule has 0 bridgehead atoms. The van der Waals surface area contributed by atoms with Crippen molar-refractivity contribution in [3.8, 4) is 0 Å². The van der Waals surface area contributed by atoms with Crippen molar-refractivity contribution in [2.75, 3.05) is 10.6 Å². The topological polar surface area (TPSA) is 131 Å². The highest BCUT2D eigenvalue weighted by atomic mass is 35.5. The number of amides is 2. The summed E-state index contributed by atoms with van der Waals surface area (Å²) in [4.78, 5) is 28.6. The van der Waals surface area contributed by atoms with Gasteiger partial charge in [0.2, 0.25) is 15.9 Å². The van der Waals surface area contributed by atoms with E-state index in [1.165, 1.54) is 35.6 Å². The standard InChI is InChI=1S/C19H17ClN4O4S2/c20-13-3-1-12(2-4-13)18(26)24-19-23-15(11-29-19)7-10-17(25)22-14-5-8-16(9-6-14)30(21,27)28/h1-6,8-9,11H,7,10H2,(H,22,25)(H2,21,27,28)(H,23,24,26). The molecule has 11 heteroatoms. The van der Waals surface area contributed by atoms with Crippen molar-refractivity contribution in [3.63, 3.8) is 0 Å². The fraction of sp³-hybridized carbons (Fsp3) is 0.105. The Morgan fingerprint density at radius 3 is 2.33 bits per heavy atom. The number of carbonyl (C=O) groups is 2. The second-order valence-corrected chi connectivity index (χ2v) is 9.08. The maximum absolute atomic E-state index is 12.2. The maximum atomic E-state index is 12.2. The van der Waals surface area contributed by atoms with Crippen molar-refractivity contribution in [1.82, 2.24) is 4.98 Å². The van der Waals surface area contributed by atoms with E-state index in [9.17, 15) is 18.0 Å². The molecular weight excluding hydrogens is 448 g/mol. The van der Waals surface area contributed by atoms with Gasteiger partial charge < -0.3 is 5.32 Å². The highest BCUT2D eigenvalue weighted by Gasteiger charge is 2.11. The van der Waals surface area contributed by atoms with Gasteiger partial charge in [-0.15, -0.1) is 11.3 Å². The van der Waals surface area contributed by atoms with Crippen LogP contribution in [0.3, 0.4) is 0 Å². The zero-order chi connectivity index (χ0) is 21.7. The molecule has 0 atom stereocenters. The number of carbonyl (C=O) groups excluding carboxylic acids is 2.